The Hall–Kier alpha value is -3.45. The summed E-state index contributed by atoms with van der Waals surface area (Å²) in [5.74, 6) is 1.53. The van der Waals surface area contributed by atoms with Crippen molar-refractivity contribution in [2.45, 2.75) is 13.1 Å². The fraction of sp³-hybridized carbons (Fsp3) is 0.227. The molecule has 7 nitrogen and oxygen atoms in total. The molecule has 2 aromatic carbocycles. The van der Waals surface area contributed by atoms with E-state index in [-0.39, 0.29) is 0 Å². The molecule has 0 unspecified atom stereocenters. The van der Waals surface area contributed by atoms with Gasteiger partial charge in [0.25, 0.3) is 0 Å². The molecule has 7 heteroatoms. The van der Waals surface area contributed by atoms with Crippen LogP contribution in [0.5, 0.6) is 5.75 Å². The Bertz CT molecular complexity index is 1100. The van der Waals surface area contributed by atoms with Crippen LogP contribution in [0.4, 0.5) is 5.95 Å². The molecule has 0 aliphatic heterocycles. The topological polar surface area (TPSA) is 67.6 Å². The number of hydrogen-bond acceptors (Lipinski definition) is 6. The van der Waals surface area contributed by atoms with Gasteiger partial charge in [0.2, 0.25) is 5.95 Å². The molecule has 4 aromatic rings. The van der Waals surface area contributed by atoms with E-state index in [1.165, 1.54) is 5.56 Å². The average Bonchev–Trinajstić information content (AvgIpc) is 3.23. The highest BCUT2D eigenvalue weighted by Gasteiger charge is 2.11. The summed E-state index contributed by atoms with van der Waals surface area (Å²) in [4.78, 5) is 6.77. The van der Waals surface area contributed by atoms with E-state index in [1.54, 1.807) is 13.4 Å². The maximum atomic E-state index is 5.29. The predicted octanol–water partition coefficient (Wildman–Crippen LogP) is 3.47. The van der Waals surface area contributed by atoms with Gasteiger partial charge in [-0.1, -0.05) is 36.4 Å². The van der Waals surface area contributed by atoms with Crippen LogP contribution in [-0.2, 0) is 13.1 Å². The molecule has 0 saturated carbocycles. The molecule has 0 atom stereocenters. The molecule has 1 N–H and O–H groups in total. The Labute approximate surface area is 170 Å². The molecule has 148 valence electrons. The van der Waals surface area contributed by atoms with Gasteiger partial charge in [-0.05, 0) is 42.9 Å². The molecule has 29 heavy (non-hydrogen) atoms. The zero-order chi connectivity index (χ0) is 20.2. The van der Waals surface area contributed by atoms with E-state index in [9.17, 15) is 0 Å². The lowest BCUT2D eigenvalue weighted by molar-refractivity contribution is 0.402. The van der Waals surface area contributed by atoms with E-state index in [2.05, 4.69) is 63.8 Å². The third-order valence-electron chi connectivity index (χ3n) is 4.68. The minimum absolute atomic E-state index is 0.621. The van der Waals surface area contributed by atoms with Gasteiger partial charge in [-0.2, -0.15) is 0 Å². The van der Waals surface area contributed by atoms with Crippen molar-refractivity contribution >= 4 is 11.6 Å². The van der Waals surface area contributed by atoms with Gasteiger partial charge < -0.3 is 15.0 Å². The number of anilines is 1. The van der Waals surface area contributed by atoms with E-state index in [4.69, 9.17) is 4.74 Å². The molecule has 0 spiro atoms. The molecule has 4 rings (SSSR count). The van der Waals surface area contributed by atoms with Crippen LogP contribution in [0.3, 0.4) is 0 Å². The second-order valence-electron chi connectivity index (χ2n) is 7.16. The Morgan fingerprint density at radius 3 is 2.66 bits per heavy atom. The molecule has 0 aliphatic carbocycles. The van der Waals surface area contributed by atoms with Crippen LogP contribution in [-0.4, -0.2) is 45.7 Å². The van der Waals surface area contributed by atoms with Crippen LogP contribution >= 0.6 is 0 Å². The normalized spacial score (nSPS) is 11.2. The van der Waals surface area contributed by atoms with Gasteiger partial charge in [-0.3, -0.25) is 4.40 Å². The number of nitrogens with zero attached hydrogens (tertiary/aromatic N) is 5. The molecule has 2 aromatic heterocycles. The first-order chi connectivity index (χ1) is 14.1. The fourth-order valence-corrected chi connectivity index (χ4v) is 3.27. The quantitative estimate of drug-likeness (QED) is 0.523. The predicted molar refractivity (Wildman–Crippen MR) is 114 cm³/mol. The van der Waals surface area contributed by atoms with Crippen molar-refractivity contribution in [2.24, 2.45) is 0 Å². The summed E-state index contributed by atoms with van der Waals surface area (Å²) in [6.45, 7) is 1.53. The van der Waals surface area contributed by atoms with Crippen molar-refractivity contribution in [1.29, 1.82) is 0 Å². The highest BCUT2D eigenvalue weighted by atomic mass is 16.5. The zero-order valence-corrected chi connectivity index (χ0v) is 16.8. The maximum Gasteiger partial charge on any atom is 0.210 e. The highest BCUT2D eigenvalue weighted by molar-refractivity contribution is 5.77. The van der Waals surface area contributed by atoms with Gasteiger partial charge in [0.15, 0.2) is 5.65 Å². The van der Waals surface area contributed by atoms with Crippen LogP contribution in [0.25, 0.3) is 16.8 Å². The van der Waals surface area contributed by atoms with E-state index in [0.29, 0.717) is 12.5 Å². The summed E-state index contributed by atoms with van der Waals surface area (Å²) in [5.41, 5.74) is 5.16. The van der Waals surface area contributed by atoms with Gasteiger partial charge in [0.1, 0.15) is 12.1 Å². The Balaban J connectivity index is 1.58. The van der Waals surface area contributed by atoms with Gasteiger partial charge in [0.05, 0.1) is 7.11 Å². The molecular weight excluding hydrogens is 364 g/mol. The number of ether oxygens (including phenoxy) is 1. The third kappa shape index (κ3) is 4.20. The van der Waals surface area contributed by atoms with E-state index < -0.39 is 0 Å². The largest absolute Gasteiger partial charge is 0.497 e. The van der Waals surface area contributed by atoms with E-state index >= 15 is 0 Å². The Morgan fingerprint density at radius 1 is 1.07 bits per heavy atom. The molecule has 0 radical (unpaired) electrons. The molecule has 0 fully saturated rings. The lowest BCUT2D eigenvalue weighted by Gasteiger charge is -2.12. The number of hydrogen-bond donors (Lipinski definition) is 1. The molecule has 2 heterocycles. The van der Waals surface area contributed by atoms with Crippen LogP contribution in [0.15, 0.2) is 61.1 Å². The van der Waals surface area contributed by atoms with Gasteiger partial charge in [-0.15, -0.1) is 10.2 Å². The van der Waals surface area contributed by atoms with Crippen molar-refractivity contribution in [3.8, 4) is 16.9 Å². The van der Waals surface area contributed by atoms with E-state index in [1.807, 2.05) is 34.9 Å². The third-order valence-corrected chi connectivity index (χ3v) is 4.68. The molecule has 0 amide bonds. The summed E-state index contributed by atoms with van der Waals surface area (Å²) >= 11 is 0. The smallest absolute Gasteiger partial charge is 0.210 e. The summed E-state index contributed by atoms with van der Waals surface area (Å²) in [6.07, 6.45) is 3.53. The van der Waals surface area contributed by atoms with Gasteiger partial charge in [0, 0.05) is 24.8 Å². The second-order valence-corrected chi connectivity index (χ2v) is 7.16. The first-order valence-corrected chi connectivity index (χ1v) is 9.43. The monoisotopic (exact) mass is 388 g/mol. The number of fused-ring (bicyclic) bond motifs is 1. The Kier molecular flexibility index (Phi) is 5.39. The lowest BCUT2D eigenvalue weighted by Crippen LogP contribution is -2.10. The maximum absolute atomic E-state index is 5.29. The number of methoxy groups -OCH3 is 1. The van der Waals surface area contributed by atoms with Crippen molar-refractivity contribution < 1.29 is 4.74 Å². The SMILES string of the molecule is COc1cccc(CNc2ncc(-c3ccc(CN(C)C)cc3)c3nncn23)c1. The molecule has 0 saturated heterocycles. The van der Waals surface area contributed by atoms with Crippen LogP contribution in [0.2, 0.25) is 0 Å². The number of rotatable bonds is 7. The highest BCUT2D eigenvalue weighted by Crippen LogP contribution is 2.25. The minimum Gasteiger partial charge on any atom is -0.497 e. The van der Waals surface area contributed by atoms with Crippen LogP contribution < -0.4 is 10.1 Å². The van der Waals surface area contributed by atoms with Crippen molar-refractivity contribution in [1.82, 2.24) is 24.5 Å². The van der Waals surface area contributed by atoms with Gasteiger partial charge in [-0.25, -0.2) is 4.98 Å². The number of aromatic nitrogens is 4. The van der Waals surface area contributed by atoms with E-state index in [0.717, 1.165) is 34.6 Å². The number of nitrogens with one attached hydrogen (secondary N) is 1. The van der Waals surface area contributed by atoms with Crippen LogP contribution in [0, 0.1) is 0 Å². The Morgan fingerprint density at radius 2 is 1.90 bits per heavy atom. The zero-order valence-electron chi connectivity index (χ0n) is 16.8. The minimum atomic E-state index is 0.621. The summed E-state index contributed by atoms with van der Waals surface area (Å²) in [6, 6.07) is 16.4. The second kappa shape index (κ2) is 8.28. The summed E-state index contributed by atoms with van der Waals surface area (Å²) in [7, 11) is 5.80. The van der Waals surface area contributed by atoms with Crippen LogP contribution in [0.1, 0.15) is 11.1 Å². The lowest BCUT2D eigenvalue weighted by atomic mass is 10.1. The van der Waals surface area contributed by atoms with Crippen molar-refractivity contribution in [3.05, 3.63) is 72.2 Å². The molecule has 0 bridgehead atoms. The number of benzene rings is 2. The summed E-state index contributed by atoms with van der Waals surface area (Å²) in [5, 5.41) is 11.8. The molecule has 0 aliphatic rings. The molecular formula is C22H24N6O. The van der Waals surface area contributed by atoms with Crippen molar-refractivity contribution in [2.75, 3.05) is 26.5 Å². The van der Waals surface area contributed by atoms with Gasteiger partial charge >= 0.3 is 0 Å². The fourth-order valence-electron chi connectivity index (χ4n) is 3.27. The first-order valence-electron chi connectivity index (χ1n) is 9.43. The summed E-state index contributed by atoms with van der Waals surface area (Å²) < 4.78 is 7.17. The first kappa shape index (κ1) is 18.9. The average molecular weight is 388 g/mol. The van der Waals surface area contributed by atoms with Crippen molar-refractivity contribution in [3.63, 3.8) is 0 Å². The standard InChI is InChI=1S/C22H24N6O/c1-27(2)14-16-7-9-18(10-8-16)20-13-24-22(28-15-25-26-21(20)28)23-12-17-5-4-6-19(11-17)29-3/h4-11,13,15H,12,14H2,1-3H3,(H,23,24).